The van der Waals surface area contributed by atoms with E-state index in [1.807, 2.05) is 0 Å². The van der Waals surface area contributed by atoms with E-state index in [9.17, 15) is 9.59 Å². The van der Waals surface area contributed by atoms with Crippen LogP contribution in [0.2, 0.25) is 0 Å². The number of nitrogens with two attached hydrogens (primary N) is 1. The van der Waals surface area contributed by atoms with Crippen molar-refractivity contribution in [3.8, 4) is 0 Å². The van der Waals surface area contributed by atoms with E-state index in [2.05, 4.69) is 0 Å². The first-order valence-electron chi connectivity index (χ1n) is 5.13. The van der Waals surface area contributed by atoms with Crippen LogP contribution in [0.15, 0.2) is 22.0 Å². The normalized spacial score (nSPS) is 10.5. The van der Waals surface area contributed by atoms with E-state index in [1.54, 1.807) is 19.4 Å². The highest BCUT2D eigenvalue weighted by Crippen LogP contribution is 1.95. The summed E-state index contributed by atoms with van der Waals surface area (Å²) in [6, 6.07) is 0. The van der Waals surface area contributed by atoms with Crippen LogP contribution in [-0.2, 0) is 13.6 Å². The highest BCUT2D eigenvalue weighted by Gasteiger charge is 2.01. The first kappa shape index (κ1) is 11.7. The summed E-state index contributed by atoms with van der Waals surface area (Å²) in [4.78, 5) is 22.7. The molecular formula is C10H17N3O2. The number of hydrogen-bond donors (Lipinski definition) is 1. The summed E-state index contributed by atoms with van der Waals surface area (Å²) in [5.41, 5.74) is 4.43. The Balaban J connectivity index is 2.67. The number of aromatic nitrogens is 2. The Morgan fingerprint density at radius 1 is 1.13 bits per heavy atom. The Morgan fingerprint density at radius 2 is 1.87 bits per heavy atom. The third-order valence-corrected chi connectivity index (χ3v) is 2.34. The molecule has 0 fully saturated rings. The van der Waals surface area contributed by atoms with Crippen LogP contribution in [-0.4, -0.2) is 15.7 Å². The van der Waals surface area contributed by atoms with Crippen LogP contribution in [0.5, 0.6) is 0 Å². The molecule has 1 rings (SSSR count). The van der Waals surface area contributed by atoms with Crippen molar-refractivity contribution in [2.45, 2.75) is 25.8 Å². The van der Waals surface area contributed by atoms with Crippen molar-refractivity contribution in [3.63, 3.8) is 0 Å². The molecule has 0 aliphatic rings. The molecular weight excluding hydrogens is 194 g/mol. The smallest absolute Gasteiger partial charge is 0.316 e. The molecule has 0 unspecified atom stereocenters. The molecule has 1 aromatic rings. The van der Waals surface area contributed by atoms with Gasteiger partial charge in [-0.1, -0.05) is 6.42 Å². The lowest BCUT2D eigenvalue weighted by Crippen LogP contribution is -2.39. The fourth-order valence-corrected chi connectivity index (χ4v) is 1.37. The zero-order valence-electron chi connectivity index (χ0n) is 8.98. The van der Waals surface area contributed by atoms with Gasteiger partial charge in [-0.05, 0) is 19.4 Å². The minimum atomic E-state index is -0.476. The van der Waals surface area contributed by atoms with Crippen molar-refractivity contribution >= 4 is 0 Å². The maximum atomic E-state index is 11.5. The first-order valence-corrected chi connectivity index (χ1v) is 5.13. The number of nitrogens with zero attached hydrogens (tertiary/aromatic N) is 2. The Bertz CT molecular complexity index is 419. The number of aryl methyl sites for hydroxylation is 2. The molecule has 15 heavy (non-hydrogen) atoms. The summed E-state index contributed by atoms with van der Waals surface area (Å²) in [7, 11) is 1.57. The summed E-state index contributed by atoms with van der Waals surface area (Å²) in [5, 5.41) is 0. The molecule has 0 bridgehead atoms. The summed E-state index contributed by atoms with van der Waals surface area (Å²) in [6.45, 7) is 1.26. The van der Waals surface area contributed by atoms with Crippen LogP contribution >= 0.6 is 0 Å². The molecule has 0 radical (unpaired) electrons. The van der Waals surface area contributed by atoms with Gasteiger partial charge in [0.2, 0.25) is 0 Å². The average molecular weight is 211 g/mol. The second kappa shape index (κ2) is 5.50. The molecule has 2 N–H and O–H groups in total. The molecule has 0 aliphatic heterocycles. The van der Waals surface area contributed by atoms with Gasteiger partial charge < -0.3 is 14.9 Å². The Labute approximate surface area is 88.1 Å². The highest BCUT2D eigenvalue weighted by atomic mass is 16.2. The Hall–Kier alpha value is -1.36. The highest BCUT2D eigenvalue weighted by molar-refractivity contribution is 4.84. The molecule has 1 heterocycles. The lowest BCUT2D eigenvalue weighted by Gasteiger charge is -2.05. The van der Waals surface area contributed by atoms with Gasteiger partial charge in [-0.2, -0.15) is 0 Å². The summed E-state index contributed by atoms with van der Waals surface area (Å²) < 4.78 is 2.75. The molecule has 5 nitrogen and oxygen atoms in total. The number of hydrogen-bond acceptors (Lipinski definition) is 3. The molecule has 1 aromatic heterocycles. The van der Waals surface area contributed by atoms with Gasteiger partial charge in [-0.25, -0.2) is 0 Å². The lowest BCUT2D eigenvalue weighted by molar-refractivity contribution is 0.565. The van der Waals surface area contributed by atoms with E-state index >= 15 is 0 Å². The zero-order chi connectivity index (χ0) is 11.3. The van der Waals surface area contributed by atoms with Crippen LogP contribution in [0.4, 0.5) is 0 Å². The van der Waals surface area contributed by atoms with Crippen LogP contribution in [0.25, 0.3) is 0 Å². The maximum Gasteiger partial charge on any atom is 0.316 e. The third kappa shape index (κ3) is 3.06. The van der Waals surface area contributed by atoms with E-state index < -0.39 is 11.1 Å². The van der Waals surface area contributed by atoms with Gasteiger partial charge in [-0.3, -0.25) is 9.59 Å². The van der Waals surface area contributed by atoms with E-state index in [-0.39, 0.29) is 0 Å². The molecule has 0 saturated heterocycles. The van der Waals surface area contributed by atoms with E-state index in [4.69, 9.17) is 5.73 Å². The quantitative estimate of drug-likeness (QED) is 0.536. The molecule has 0 saturated carbocycles. The number of rotatable bonds is 5. The molecule has 84 valence electrons. The molecule has 5 heteroatoms. The van der Waals surface area contributed by atoms with Gasteiger partial charge >= 0.3 is 11.1 Å². The fraction of sp³-hybridized carbons (Fsp3) is 0.600. The monoisotopic (exact) mass is 211 g/mol. The van der Waals surface area contributed by atoms with E-state index in [0.29, 0.717) is 13.1 Å². The standard InChI is InChI=1S/C10H17N3O2/c1-12-7-8-13(10(15)9(12)14)6-4-2-3-5-11/h7-8H,2-6,11H2,1H3. The molecule has 0 amide bonds. The minimum Gasteiger partial charge on any atom is -0.330 e. The second-order valence-corrected chi connectivity index (χ2v) is 3.56. The average Bonchev–Trinajstić information content (AvgIpc) is 2.24. The fourth-order valence-electron chi connectivity index (χ4n) is 1.37. The van der Waals surface area contributed by atoms with Crippen LogP contribution in [0, 0.1) is 0 Å². The minimum absolute atomic E-state index is 0.451. The van der Waals surface area contributed by atoms with Gasteiger partial charge in [0.1, 0.15) is 0 Å². The van der Waals surface area contributed by atoms with Gasteiger partial charge in [0, 0.05) is 26.0 Å². The van der Waals surface area contributed by atoms with Crippen LogP contribution < -0.4 is 16.9 Å². The van der Waals surface area contributed by atoms with Gasteiger partial charge in [0.25, 0.3) is 0 Å². The summed E-state index contributed by atoms with van der Waals surface area (Å²) >= 11 is 0. The first-order chi connectivity index (χ1) is 7.16. The van der Waals surface area contributed by atoms with Gasteiger partial charge in [0.05, 0.1) is 0 Å². The molecule has 0 aliphatic carbocycles. The Kier molecular flexibility index (Phi) is 4.30. The van der Waals surface area contributed by atoms with Gasteiger partial charge in [-0.15, -0.1) is 0 Å². The molecule has 0 spiro atoms. The van der Waals surface area contributed by atoms with Crippen molar-refractivity contribution in [1.82, 2.24) is 9.13 Å². The SMILES string of the molecule is Cn1ccn(CCCCCN)c(=O)c1=O. The predicted octanol–water partition coefficient (Wildman–Crippen LogP) is -0.324. The predicted molar refractivity (Wildman–Crippen MR) is 58.8 cm³/mol. The van der Waals surface area contributed by atoms with Crippen molar-refractivity contribution in [1.29, 1.82) is 0 Å². The van der Waals surface area contributed by atoms with Crippen molar-refractivity contribution in [2.75, 3.05) is 6.54 Å². The third-order valence-electron chi connectivity index (χ3n) is 2.34. The number of unbranched alkanes of at least 4 members (excludes halogenated alkanes) is 2. The van der Waals surface area contributed by atoms with Gasteiger partial charge in [0.15, 0.2) is 0 Å². The van der Waals surface area contributed by atoms with E-state index in [1.165, 1.54) is 9.13 Å². The van der Waals surface area contributed by atoms with Crippen LogP contribution in [0.3, 0.4) is 0 Å². The topological polar surface area (TPSA) is 70.0 Å². The zero-order valence-corrected chi connectivity index (χ0v) is 8.98. The Morgan fingerprint density at radius 3 is 2.53 bits per heavy atom. The molecule has 0 atom stereocenters. The summed E-state index contributed by atoms with van der Waals surface area (Å²) in [6.07, 6.45) is 6.07. The van der Waals surface area contributed by atoms with E-state index in [0.717, 1.165) is 19.3 Å². The lowest BCUT2D eigenvalue weighted by atomic mass is 10.2. The largest absolute Gasteiger partial charge is 0.330 e. The van der Waals surface area contributed by atoms with Crippen molar-refractivity contribution < 1.29 is 0 Å². The maximum absolute atomic E-state index is 11.5. The second-order valence-electron chi connectivity index (χ2n) is 3.56. The van der Waals surface area contributed by atoms with Crippen molar-refractivity contribution in [3.05, 3.63) is 33.1 Å². The summed E-state index contributed by atoms with van der Waals surface area (Å²) in [5.74, 6) is 0. The van der Waals surface area contributed by atoms with Crippen molar-refractivity contribution in [2.24, 2.45) is 12.8 Å². The molecule has 0 aromatic carbocycles. The van der Waals surface area contributed by atoms with Crippen LogP contribution in [0.1, 0.15) is 19.3 Å².